The number of ether oxygens (including phenoxy) is 4. The molecule has 0 amide bonds. The first kappa shape index (κ1) is 48.2. The molecule has 0 spiro atoms. The third-order valence-corrected chi connectivity index (χ3v) is 11.6. The van der Waals surface area contributed by atoms with Crippen molar-refractivity contribution in [3.8, 4) is 11.5 Å². The zero-order chi connectivity index (χ0) is 43.0. The van der Waals surface area contributed by atoms with E-state index in [0.29, 0.717) is 23.9 Å². The predicted molar refractivity (Wildman–Crippen MR) is 218 cm³/mol. The number of aromatic nitrogens is 4. The number of esters is 4. The lowest BCUT2D eigenvalue weighted by molar-refractivity contribution is -0.190. The molecule has 0 saturated heterocycles. The van der Waals surface area contributed by atoms with Gasteiger partial charge < -0.3 is 37.9 Å². The van der Waals surface area contributed by atoms with Crippen LogP contribution in [0.1, 0.15) is 103 Å². The van der Waals surface area contributed by atoms with Gasteiger partial charge in [0.05, 0.1) is 17.6 Å². The molecule has 0 saturated carbocycles. The molecule has 19 heteroatoms. The lowest BCUT2D eigenvalue weighted by Gasteiger charge is -2.32. The van der Waals surface area contributed by atoms with Crippen molar-refractivity contribution in [3.63, 3.8) is 0 Å². The van der Waals surface area contributed by atoms with E-state index in [4.69, 9.17) is 33.3 Å². The molecule has 3 N–H and O–H groups in total. The molecule has 0 radical (unpaired) electrons. The Morgan fingerprint density at radius 2 is 1.26 bits per heavy atom. The maximum Gasteiger partial charge on any atom is 0.492 e. The van der Waals surface area contributed by atoms with Crippen LogP contribution in [0.5, 0.6) is 0 Å². The van der Waals surface area contributed by atoms with Crippen molar-refractivity contribution in [2.45, 2.75) is 143 Å². The molecule has 1 aromatic rings. The SMILES string of the molecule is CC(=O)OC[C@@H](OC(C)=O)[C@@H](OC(C)=O)[C@H](Cn1c2nc(=O)n(CCCCCCCCCCCSCCC[Si](O)(O)O)c(=O)c-2nc2cc(C)c(C)cc21)OC(C)=O. The fourth-order valence-corrected chi connectivity index (χ4v) is 8.39. The Kier molecular flexibility index (Phi) is 19.5. The first-order valence-electron chi connectivity index (χ1n) is 19.7. The summed E-state index contributed by atoms with van der Waals surface area (Å²) in [6.45, 7) is 7.51. The highest BCUT2D eigenvalue weighted by Crippen LogP contribution is 2.27. The Morgan fingerprint density at radius 1 is 0.707 bits per heavy atom. The number of aryl methyl sites for hydroxylation is 2. The van der Waals surface area contributed by atoms with Gasteiger partial charge in [0, 0.05) is 40.3 Å². The zero-order valence-corrected chi connectivity index (χ0v) is 36.1. The van der Waals surface area contributed by atoms with Gasteiger partial charge in [0.2, 0.25) is 0 Å². The number of thioether (sulfide) groups is 1. The fraction of sp³-hybridized carbons (Fsp3) is 0.641. The molecule has 17 nitrogen and oxygen atoms in total. The van der Waals surface area contributed by atoms with Crippen molar-refractivity contribution >= 4 is 55.5 Å². The van der Waals surface area contributed by atoms with E-state index in [0.717, 1.165) is 106 Å². The van der Waals surface area contributed by atoms with Crippen molar-refractivity contribution in [2.75, 3.05) is 18.1 Å². The van der Waals surface area contributed by atoms with Crippen LogP contribution in [0.2, 0.25) is 6.04 Å². The zero-order valence-electron chi connectivity index (χ0n) is 34.3. The van der Waals surface area contributed by atoms with Crippen molar-refractivity contribution in [1.82, 2.24) is 19.1 Å². The maximum absolute atomic E-state index is 14.0. The second kappa shape index (κ2) is 23.4. The Balaban J connectivity index is 1.79. The van der Waals surface area contributed by atoms with Crippen LogP contribution in [-0.4, -0.2) is 103 Å². The number of carbonyl (C=O) groups is 4. The molecule has 58 heavy (non-hydrogen) atoms. The van der Waals surface area contributed by atoms with Gasteiger partial charge in [0.1, 0.15) is 6.61 Å². The number of benzene rings is 1. The predicted octanol–water partition coefficient (Wildman–Crippen LogP) is 3.58. The molecular formula is C39H58N4O13SSi. The van der Waals surface area contributed by atoms with Crippen molar-refractivity contribution in [3.05, 3.63) is 44.1 Å². The van der Waals surface area contributed by atoms with Gasteiger partial charge in [0.15, 0.2) is 29.8 Å². The monoisotopic (exact) mass is 850 g/mol. The largest absolute Gasteiger partial charge is 0.492 e. The first-order chi connectivity index (χ1) is 27.4. The van der Waals surface area contributed by atoms with E-state index >= 15 is 0 Å². The Labute approximate surface area is 343 Å². The molecule has 1 aromatic carbocycles. The smallest absolute Gasteiger partial charge is 0.462 e. The van der Waals surface area contributed by atoms with Crippen LogP contribution in [0.15, 0.2) is 21.7 Å². The van der Waals surface area contributed by atoms with E-state index < -0.39 is 68.8 Å². The van der Waals surface area contributed by atoms with E-state index in [2.05, 4.69) is 9.97 Å². The number of rotatable bonds is 25. The van der Waals surface area contributed by atoms with Crippen LogP contribution in [0.4, 0.5) is 0 Å². The van der Waals surface area contributed by atoms with Gasteiger partial charge in [-0.25, -0.2) is 9.78 Å². The van der Waals surface area contributed by atoms with Gasteiger partial charge in [-0.15, -0.1) is 0 Å². The topological polar surface area (TPSA) is 236 Å². The summed E-state index contributed by atoms with van der Waals surface area (Å²) in [5.41, 5.74) is 1.02. The summed E-state index contributed by atoms with van der Waals surface area (Å²) >= 11 is 1.76. The van der Waals surface area contributed by atoms with Crippen LogP contribution in [0.25, 0.3) is 22.6 Å². The molecule has 0 fully saturated rings. The lowest BCUT2D eigenvalue weighted by Crippen LogP contribution is -2.49. The van der Waals surface area contributed by atoms with Crippen LogP contribution < -0.4 is 11.2 Å². The Bertz CT molecular complexity index is 1950. The summed E-state index contributed by atoms with van der Waals surface area (Å²) in [7, 11) is -3.92. The molecule has 2 aliphatic heterocycles. The van der Waals surface area contributed by atoms with E-state index in [1.54, 1.807) is 23.9 Å². The van der Waals surface area contributed by atoms with Crippen molar-refractivity contribution in [1.29, 1.82) is 0 Å². The summed E-state index contributed by atoms with van der Waals surface area (Å²) in [6.07, 6.45) is 5.21. The van der Waals surface area contributed by atoms with Gasteiger partial charge in [0.25, 0.3) is 5.56 Å². The molecule has 0 aliphatic carbocycles. The number of fused-ring (bicyclic) bond motifs is 2. The van der Waals surface area contributed by atoms with Crippen LogP contribution >= 0.6 is 11.8 Å². The van der Waals surface area contributed by atoms with E-state index in [-0.39, 0.29) is 30.7 Å². The lowest BCUT2D eigenvalue weighted by atomic mass is 10.1. The van der Waals surface area contributed by atoms with E-state index in [9.17, 15) is 28.8 Å². The minimum absolute atomic E-state index is 0.0792. The summed E-state index contributed by atoms with van der Waals surface area (Å²) in [6, 6.07) is 3.64. The second-order valence-corrected chi connectivity index (χ2v) is 17.8. The van der Waals surface area contributed by atoms with Crippen molar-refractivity contribution in [2.24, 2.45) is 0 Å². The Morgan fingerprint density at radius 3 is 1.84 bits per heavy atom. The van der Waals surface area contributed by atoms with Crippen LogP contribution in [-0.2, 0) is 51.2 Å². The number of nitrogens with zero attached hydrogens (tertiary/aromatic N) is 4. The fourth-order valence-electron chi connectivity index (χ4n) is 6.53. The standard InChI is InChI=1S/C39H58N4O13SSi/c1-25-21-31-32(22-26(25)2)43(23-33(54-28(4)45)36(56-30(6)47)34(55-29(5)46)24-53-27(3)44)37-35(40-31)38(48)42(39(49)41-37)17-14-12-10-8-7-9-11-13-15-18-57-19-16-20-58(50,51)52/h21-22,33-34,36,50-52H,7-20,23-24H2,1-6H3/t33-,34+,36-/m0/s1. The first-order valence-corrected chi connectivity index (χ1v) is 22.9. The molecule has 0 unspecified atom stereocenters. The number of carbonyl (C=O) groups excluding carboxylic acids is 4. The summed E-state index contributed by atoms with van der Waals surface area (Å²) in [5, 5.41) is 0. The molecule has 322 valence electrons. The highest BCUT2D eigenvalue weighted by molar-refractivity contribution is 7.99. The normalized spacial score (nSPS) is 13.3. The molecular weight excluding hydrogens is 793 g/mol. The van der Waals surface area contributed by atoms with E-state index in [1.807, 2.05) is 13.8 Å². The quantitative estimate of drug-likeness (QED) is 0.0363. The van der Waals surface area contributed by atoms with Crippen LogP contribution in [0, 0.1) is 13.8 Å². The van der Waals surface area contributed by atoms with Gasteiger partial charge in [-0.3, -0.25) is 28.5 Å². The number of unbranched alkanes of at least 4 members (excludes halogenated alkanes) is 8. The summed E-state index contributed by atoms with van der Waals surface area (Å²) in [5.74, 6) is -1.36. The van der Waals surface area contributed by atoms with Crippen LogP contribution in [0.3, 0.4) is 0 Å². The Hall–Kier alpha value is -4.17. The van der Waals surface area contributed by atoms with Gasteiger partial charge in [-0.2, -0.15) is 16.7 Å². The van der Waals surface area contributed by atoms with E-state index in [1.165, 1.54) is 4.57 Å². The highest BCUT2D eigenvalue weighted by Gasteiger charge is 2.39. The minimum Gasteiger partial charge on any atom is -0.462 e. The molecule has 0 aromatic heterocycles. The summed E-state index contributed by atoms with van der Waals surface area (Å²) in [4.78, 5) is 112. The summed E-state index contributed by atoms with van der Waals surface area (Å²) < 4.78 is 24.3. The number of hydrogen-bond acceptors (Lipinski definition) is 16. The van der Waals surface area contributed by atoms with Gasteiger partial charge in [-0.05, 0) is 67.9 Å². The molecule has 3 atom stereocenters. The minimum atomic E-state index is -3.92. The average Bonchev–Trinajstić information content (AvgIpc) is 3.11. The van der Waals surface area contributed by atoms with Crippen molar-refractivity contribution < 1.29 is 52.5 Å². The third-order valence-electron chi connectivity index (χ3n) is 9.42. The molecule has 3 rings (SSSR count). The highest BCUT2D eigenvalue weighted by atomic mass is 32.2. The third kappa shape index (κ3) is 15.9. The average molecular weight is 851 g/mol. The molecule has 0 bridgehead atoms. The maximum atomic E-state index is 14.0. The number of hydrogen-bond donors (Lipinski definition) is 3. The molecule has 2 heterocycles. The second-order valence-electron chi connectivity index (χ2n) is 14.5. The van der Waals surface area contributed by atoms with Gasteiger partial charge in [-0.1, -0.05) is 44.9 Å². The molecule has 2 aliphatic rings. The van der Waals surface area contributed by atoms with Gasteiger partial charge >= 0.3 is 38.4 Å².